The van der Waals surface area contributed by atoms with Crippen LogP contribution in [-0.4, -0.2) is 33.2 Å². The van der Waals surface area contributed by atoms with E-state index in [0.717, 1.165) is 0 Å². The van der Waals surface area contributed by atoms with Crippen LogP contribution in [0.25, 0.3) is 0 Å². The van der Waals surface area contributed by atoms with Gasteiger partial charge in [-0.25, -0.2) is 0 Å². The van der Waals surface area contributed by atoms with Gasteiger partial charge in [0.1, 0.15) is 0 Å². The largest absolute Gasteiger partial charge is 0.480 e. The number of furan rings is 1. The molecule has 1 heterocycles. The number of carbonyl (C=O) groups is 3. The molecule has 15 heavy (non-hydrogen) atoms. The zero-order valence-electron chi connectivity index (χ0n) is 7.36. The topological polar surface area (TPSA) is 125 Å². The zero-order chi connectivity index (χ0) is 11.8. The summed E-state index contributed by atoms with van der Waals surface area (Å²) < 4.78 is 4.58. The minimum Gasteiger partial charge on any atom is -0.480 e. The van der Waals surface area contributed by atoms with Gasteiger partial charge in [-0.15, -0.1) is 0 Å². The second kappa shape index (κ2) is 6.19. The first-order valence-electron chi connectivity index (χ1n) is 3.62. The molecule has 7 nitrogen and oxygen atoms in total. The molecule has 0 bridgehead atoms. The van der Waals surface area contributed by atoms with Crippen molar-refractivity contribution < 1.29 is 34.1 Å². The Balaban J connectivity index is 0.000000322. The van der Waals surface area contributed by atoms with Crippen molar-refractivity contribution in [2.75, 3.05) is 0 Å². The lowest BCUT2D eigenvalue weighted by Gasteiger charge is -1.97. The fourth-order valence-corrected chi connectivity index (χ4v) is 0.544. The van der Waals surface area contributed by atoms with Crippen LogP contribution < -0.4 is 0 Å². The molecule has 7 heteroatoms. The van der Waals surface area contributed by atoms with Crippen LogP contribution in [0, 0.1) is 5.92 Å². The minimum absolute atomic E-state index is 1.62. The van der Waals surface area contributed by atoms with Crippen LogP contribution in [0.4, 0.5) is 0 Å². The van der Waals surface area contributed by atoms with Gasteiger partial charge >= 0.3 is 17.9 Å². The average Bonchev–Trinajstić information content (AvgIpc) is 2.56. The molecule has 0 saturated heterocycles. The number of rotatable bonds is 3. The van der Waals surface area contributed by atoms with E-state index in [1.807, 2.05) is 12.1 Å². The summed E-state index contributed by atoms with van der Waals surface area (Å²) in [4.78, 5) is 29.5. The van der Waals surface area contributed by atoms with Gasteiger partial charge in [0.25, 0.3) is 0 Å². The summed E-state index contributed by atoms with van der Waals surface area (Å²) >= 11 is 0. The van der Waals surface area contributed by atoms with Crippen molar-refractivity contribution >= 4 is 17.9 Å². The van der Waals surface area contributed by atoms with Gasteiger partial charge in [0.2, 0.25) is 5.92 Å². The Bertz CT molecular complexity index is 276. The lowest BCUT2D eigenvalue weighted by Crippen LogP contribution is -2.31. The predicted octanol–water partition coefficient (Wildman–Crippen LogP) is 0.136. The van der Waals surface area contributed by atoms with Crippen molar-refractivity contribution in [3.8, 4) is 0 Å². The smallest absolute Gasteiger partial charge is 0.329 e. The highest BCUT2D eigenvalue weighted by atomic mass is 16.4. The van der Waals surface area contributed by atoms with Crippen LogP contribution in [0.5, 0.6) is 0 Å². The highest BCUT2D eigenvalue weighted by Crippen LogP contribution is 1.95. The first-order valence-corrected chi connectivity index (χ1v) is 3.62. The zero-order valence-corrected chi connectivity index (χ0v) is 7.36. The van der Waals surface area contributed by atoms with E-state index < -0.39 is 23.8 Å². The van der Waals surface area contributed by atoms with E-state index in [1.165, 1.54) is 0 Å². The quantitative estimate of drug-likeness (QED) is 0.613. The molecule has 0 spiro atoms. The second-order valence-electron chi connectivity index (χ2n) is 2.24. The third-order valence-corrected chi connectivity index (χ3v) is 1.17. The van der Waals surface area contributed by atoms with Gasteiger partial charge in [-0.2, -0.15) is 0 Å². The summed E-state index contributed by atoms with van der Waals surface area (Å²) in [5, 5.41) is 23.9. The summed E-state index contributed by atoms with van der Waals surface area (Å²) in [6.45, 7) is 0. The standard InChI is InChI=1S/C4H4O6.C4H4O/c5-2(6)1(3(7)8)4(9)10;1-2-4-5-3-1/h1H,(H,5,6)(H,7,8)(H,9,10);1-4H. The summed E-state index contributed by atoms with van der Waals surface area (Å²) in [6, 6.07) is 3.67. The number of aliphatic carboxylic acids is 3. The average molecular weight is 216 g/mol. The fourth-order valence-electron chi connectivity index (χ4n) is 0.544. The molecule has 1 aromatic heterocycles. The van der Waals surface area contributed by atoms with Crippen LogP contribution in [-0.2, 0) is 14.4 Å². The van der Waals surface area contributed by atoms with E-state index in [4.69, 9.17) is 15.3 Å². The third-order valence-electron chi connectivity index (χ3n) is 1.17. The fraction of sp³-hybridized carbons (Fsp3) is 0.125. The van der Waals surface area contributed by atoms with Crippen LogP contribution in [0.2, 0.25) is 0 Å². The van der Waals surface area contributed by atoms with Gasteiger partial charge in [0, 0.05) is 0 Å². The van der Waals surface area contributed by atoms with Crippen LogP contribution >= 0.6 is 0 Å². The lowest BCUT2D eigenvalue weighted by atomic mass is 10.1. The predicted molar refractivity (Wildman–Crippen MR) is 45.1 cm³/mol. The van der Waals surface area contributed by atoms with Gasteiger partial charge in [-0.1, -0.05) is 0 Å². The minimum atomic E-state index is -2.36. The van der Waals surface area contributed by atoms with E-state index in [-0.39, 0.29) is 0 Å². The molecule has 0 radical (unpaired) electrons. The number of hydrogen-bond acceptors (Lipinski definition) is 4. The van der Waals surface area contributed by atoms with Crippen molar-refractivity contribution in [1.82, 2.24) is 0 Å². The van der Waals surface area contributed by atoms with Crippen molar-refractivity contribution in [3.63, 3.8) is 0 Å². The normalized spacial score (nSPS) is 8.87. The molecule has 0 amide bonds. The Morgan fingerprint density at radius 1 is 0.867 bits per heavy atom. The second-order valence-corrected chi connectivity index (χ2v) is 2.24. The highest BCUT2D eigenvalue weighted by Gasteiger charge is 2.33. The molecule has 0 aliphatic carbocycles. The molecule has 0 saturated carbocycles. The Morgan fingerprint density at radius 2 is 1.20 bits per heavy atom. The van der Waals surface area contributed by atoms with Crippen LogP contribution in [0.15, 0.2) is 29.1 Å². The van der Waals surface area contributed by atoms with Gasteiger partial charge in [-0.05, 0) is 12.1 Å². The van der Waals surface area contributed by atoms with E-state index in [9.17, 15) is 14.4 Å². The van der Waals surface area contributed by atoms with E-state index in [2.05, 4.69) is 4.42 Å². The van der Waals surface area contributed by atoms with Crippen molar-refractivity contribution in [2.24, 2.45) is 5.92 Å². The lowest BCUT2D eigenvalue weighted by molar-refractivity contribution is -0.163. The Kier molecular flexibility index (Phi) is 5.24. The first-order chi connectivity index (χ1) is 6.96. The van der Waals surface area contributed by atoms with Gasteiger partial charge in [0.15, 0.2) is 0 Å². The van der Waals surface area contributed by atoms with Crippen LogP contribution in [0.1, 0.15) is 0 Å². The molecule has 0 fully saturated rings. The molecule has 1 rings (SSSR count). The third kappa shape index (κ3) is 5.09. The van der Waals surface area contributed by atoms with Gasteiger partial charge < -0.3 is 19.7 Å². The summed E-state index contributed by atoms with van der Waals surface area (Å²) in [7, 11) is 0. The molecule has 0 aromatic carbocycles. The number of carboxylic acids is 3. The van der Waals surface area contributed by atoms with E-state index in [1.54, 1.807) is 12.5 Å². The maximum Gasteiger partial charge on any atom is 0.329 e. The maximum atomic E-state index is 9.82. The molecular weight excluding hydrogens is 208 g/mol. The number of carboxylic acid groups (broad SMARTS) is 3. The monoisotopic (exact) mass is 216 g/mol. The Morgan fingerprint density at radius 3 is 1.27 bits per heavy atom. The molecule has 0 unspecified atom stereocenters. The highest BCUT2D eigenvalue weighted by molar-refractivity contribution is 6.10. The Labute approximate surface area is 83.6 Å². The first kappa shape index (κ1) is 12.7. The number of hydrogen-bond donors (Lipinski definition) is 3. The van der Waals surface area contributed by atoms with Crippen molar-refractivity contribution in [1.29, 1.82) is 0 Å². The summed E-state index contributed by atoms with van der Waals surface area (Å²) in [5.41, 5.74) is 0. The Hall–Kier alpha value is -2.31. The van der Waals surface area contributed by atoms with Crippen molar-refractivity contribution in [2.45, 2.75) is 0 Å². The van der Waals surface area contributed by atoms with Gasteiger partial charge in [-0.3, -0.25) is 14.4 Å². The molecule has 3 N–H and O–H groups in total. The summed E-state index contributed by atoms with van der Waals surface area (Å²) in [6.07, 6.45) is 3.25. The van der Waals surface area contributed by atoms with E-state index >= 15 is 0 Å². The molecule has 1 aromatic rings. The maximum absolute atomic E-state index is 9.82. The van der Waals surface area contributed by atoms with Gasteiger partial charge in [0.05, 0.1) is 12.5 Å². The van der Waals surface area contributed by atoms with E-state index in [0.29, 0.717) is 0 Å². The molecule has 0 aliphatic heterocycles. The SMILES string of the molecule is O=C(O)C(C(=O)O)C(=O)O.c1ccoc1. The molecular formula is C8H8O7. The molecule has 0 atom stereocenters. The molecule has 82 valence electrons. The summed E-state index contributed by atoms with van der Waals surface area (Å²) in [5.74, 6) is -7.99. The molecule has 0 aliphatic rings. The van der Waals surface area contributed by atoms with Crippen molar-refractivity contribution in [3.05, 3.63) is 24.7 Å². The van der Waals surface area contributed by atoms with Crippen LogP contribution in [0.3, 0.4) is 0 Å².